The van der Waals surface area contributed by atoms with Gasteiger partial charge >= 0.3 is 12.1 Å². The predicted molar refractivity (Wildman–Crippen MR) is 94.6 cm³/mol. The average molecular weight is 360 g/mol. The Morgan fingerprint density at radius 3 is 2.46 bits per heavy atom. The average Bonchev–Trinajstić information content (AvgIpc) is 3.08. The number of carboxylic acid groups (broad SMARTS) is 1. The molecular formula is C18H24N4O4. The second-order valence-electron chi connectivity index (χ2n) is 7.06. The molecule has 0 bridgehead atoms. The highest BCUT2D eigenvalue weighted by Crippen LogP contribution is 2.19. The Labute approximate surface area is 152 Å². The fourth-order valence-corrected chi connectivity index (χ4v) is 2.25. The number of carbonyl (C=O) groups excluding carboxylic acids is 1. The minimum Gasteiger partial charge on any atom is -0.480 e. The zero-order valence-electron chi connectivity index (χ0n) is 15.3. The first-order valence-electron chi connectivity index (χ1n) is 8.30. The summed E-state index contributed by atoms with van der Waals surface area (Å²) in [6.07, 6.45) is 0.669. The van der Waals surface area contributed by atoms with Crippen LogP contribution >= 0.6 is 0 Å². The standard InChI is InChI=1S/C18H24N4O4/c1-12(22-11-19-16(21-22)18(2,3)4)14(15(23)24)20-17(25)26-10-13-8-6-5-7-9-13/h5-9,11-12,14H,10H2,1-4H3,(H,20,25)(H,23,24). The normalized spacial score (nSPS) is 13.7. The smallest absolute Gasteiger partial charge is 0.408 e. The fourth-order valence-electron chi connectivity index (χ4n) is 2.25. The van der Waals surface area contributed by atoms with E-state index in [1.807, 2.05) is 51.1 Å². The summed E-state index contributed by atoms with van der Waals surface area (Å²) in [6.45, 7) is 7.60. The Balaban J connectivity index is 2.02. The number of hydrogen-bond acceptors (Lipinski definition) is 5. The van der Waals surface area contributed by atoms with E-state index >= 15 is 0 Å². The molecule has 1 aromatic heterocycles. The number of aromatic nitrogens is 3. The highest BCUT2D eigenvalue weighted by atomic mass is 16.5. The van der Waals surface area contributed by atoms with E-state index in [4.69, 9.17) is 4.74 Å². The monoisotopic (exact) mass is 360 g/mol. The molecule has 2 unspecified atom stereocenters. The van der Waals surface area contributed by atoms with E-state index in [0.29, 0.717) is 5.82 Å². The summed E-state index contributed by atoms with van der Waals surface area (Å²) < 4.78 is 6.54. The number of amides is 1. The Morgan fingerprint density at radius 2 is 1.92 bits per heavy atom. The second kappa shape index (κ2) is 7.99. The Bertz CT molecular complexity index is 752. The van der Waals surface area contributed by atoms with E-state index in [9.17, 15) is 14.7 Å². The van der Waals surface area contributed by atoms with Crippen LogP contribution in [-0.4, -0.2) is 38.0 Å². The Kier molecular flexibility index (Phi) is 5.97. The summed E-state index contributed by atoms with van der Waals surface area (Å²) in [4.78, 5) is 27.8. The molecule has 1 amide bonds. The summed E-state index contributed by atoms with van der Waals surface area (Å²) in [5.41, 5.74) is 0.555. The third kappa shape index (κ3) is 5.05. The molecule has 1 aromatic carbocycles. The molecular weight excluding hydrogens is 336 g/mol. The van der Waals surface area contributed by atoms with Gasteiger partial charge in [0.2, 0.25) is 0 Å². The number of ether oxygens (including phenoxy) is 1. The predicted octanol–water partition coefficient (Wildman–Crippen LogP) is 2.52. The van der Waals surface area contributed by atoms with Crippen molar-refractivity contribution in [1.82, 2.24) is 20.1 Å². The molecule has 2 N–H and O–H groups in total. The molecule has 8 nitrogen and oxygen atoms in total. The minimum atomic E-state index is -1.20. The summed E-state index contributed by atoms with van der Waals surface area (Å²) in [5, 5.41) is 16.2. The Hall–Kier alpha value is -2.90. The number of hydrogen-bond donors (Lipinski definition) is 2. The van der Waals surface area contributed by atoms with Gasteiger partial charge in [-0.05, 0) is 12.5 Å². The van der Waals surface area contributed by atoms with Crippen molar-refractivity contribution in [3.63, 3.8) is 0 Å². The third-order valence-electron chi connectivity index (χ3n) is 3.83. The van der Waals surface area contributed by atoms with E-state index in [1.165, 1.54) is 11.0 Å². The number of alkyl carbamates (subject to hydrolysis) is 1. The SMILES string of the molecule is CC(C(NC(=O)OCc1ccccc1)C(=O)O)n1cnc(C(C)(C)C)n1. The van der Waals surface area contributed by atoms with Gasteiger partial charge < -0.3 is 15.2 Å². The largest absolute Gasteiger partial charge is 0.480 e. The van der Waals surface area contributed by atoms with Crippen LogP contribution < -0.4 is 5.32 Å². The molecule has 2 rings (SSSR count). The van der Waals surface area contributed by atoms with Crippen molar-refractivity contribution < 1.29 is 19.4 Å². The number of benzene rings is 1. The molecule has 0 fully saturated rings. The Morgan fingerprint density at radius 1 is 1.27 bits per heavy atom. The lowest BCUT2D eigenvalue weighted by atomic mass is 9.96. The van der Waals surface area contributed by atoms with Gasteiger partial charge in [0.1, 0.15) is 12.9 Å². The molecule has 26 heavy (non-hydrogen) atoms. The number of aliphatic carboxylic acids is 1. The number of carbonyl (C=O) groups is 2. The fraction of sp³-hybridized carbons (Fsp3) is 0.444. The van der Waals surface area contributed by atoms with Gasteiger partial charge in [-0.15, -0.1) is 0 Å². The van der Waals surface area contributed by atoms with Gasteiger partial charge in [-0.2, -0.15) is 5.10 Å². The van der Waals surface area contributed by atoms with E-state index in [2.05, 4.69) is 15.4 Å². The van der Waals surface area contributed by atoms with Crippen LogP contribution in [0.4, 0.5) is 4.79 Å². The molecule has 2 atom stereocenters. The molecule has 0 saturated carbocycles. The topological polar surface area (TPSA) is 106 Å². The van der Waals surface area contributed by atoms with Crippen molar-refractivity contribution in [3.8, 4) is 0 Å². The third-order valence-corrected chi connectivity index (χ3v) is 3.83. The van der Waals surface area contributed by atoms with Crippen molar-refractivity contribution in [2.24, 2.45) is 0 Å². The number of nitrogens with zero attached hydrogens (tertiary/aromatic N) is 3. The maximum Gasteiger partial charge on any atom is 0.408 e. The van der Waals surface area contributed by atoms with E-state index in [1.54, 1.807) is 6.92 Å². The van der Waals surface area contributed by atoms with Gasteiger partial charge in [-0.3, -0.25) is 0 Å². The zero-order chi connectivity index (χ0) is 19.3. The van der Waals surface area contributed by atoms with Crippen molar-refractivity contribution in [3.05, 3.63) is 48.0 Å². The summed E-state index contributed by atoms with van der Waals surface area (Å²) in [7, 11) is 0. The van der Waals surface area contributed by atoms with Crippen LogP contribution in [0.5, 0.6) is 0 Å². The molecule has 0 aliphatic heterocycles. The summed E-state index contributed by atoms with van der Waals surface area (Å²) in [6, 6.07) is 7.30. The molecule has 140 valence electrons. The molecule has 0 spiro atoms. The van der Waals surface area contributed by atoms with Crippen molar-refractivity contribution in [2.45, 2.75) is 51.8 Å². The quantitative estimate of drug-likeness (QED) is 0.820. The highest BCUT2D eigenvalue weighted by molar-refractivity contribution is 5.80. The first-order valence-corrected chi connectivity index (χ1v) is 8.30. The van der Waals surface area contributed by atoms with E-state index in [-0.39, 0.29) is 12.0 Å². The number of nitrogens with one attached hydrogen (secondary N) is 1. The van der Waals surface area contributed by atoms with E-state index in [0.717, 1.165) is 5.56 Å². The van der Waals surface area contributed by atoms with Crippen LogP contribution in [0.15, 0.2) is 36.7 Å². The van der Waals surface area contributed by atoms with Crippen molar-refractivity contribution in [1.29, 1.82) is 0 Å². The van der Waals surface area contributed by atoms with Crippen molar-refractivity contribution in [2.75, 3.05) is 0 Å². The van der Waals surface area contributed by atoms with Gasteiger partial charge in [0.05, 0.1) is 6.04 Å². The summed E-state index contributed by atoms with van der Waals surface area (Å²) in [5.74, 6) is -0.581. The van der Waals surface area contributed by atoms with Gasteiger partial charge in [0.15, 0.2) is 11.9 Å². The first-order chi connectivity index (χ1) is 12.2. The molecule has 8 heteroatoms. The maximum atomic E-state index is 12.0. The lowest BCUT2D eigenvalue weighted by molar-refractivity contribution is -0.140. The zero-order valence-corrected chi connectivity index (χ0v) is 15.3. The van der Waals surface area contributed by atoms with Gasteiger partial charge in [-0.25, -0.2) is 19.3 Å². The first kappa shape index (κ1) is 19.4. The molecule has 0 aliphatic carbocycles. The molecule has 2 aromatic rings. The van der Waals surface area contributed by atoms with Crippen LogP contribution in [-0.2, 0) is 21.6 Å². The lowest BCUT2D eigenvalue weighted by Crippen LogP contribution is -2.46. The van der Waals surface area contributed by atoms with Crippen LogP contribution in [0.25, 0.3) is 0 Å². The maximum absolute atomic E-state index is 12.0. The number of carboxylic acids is 1. The van der Waals surface area contributed by atoms with Gasteiger partial charge in [0.25, 0.3) is 0 Å². The summed E-state index contributed by atoms with van der Waals surface area (Å²) >= 11 is 0. The molecule has 1 heterocycles. The molecule has 0 saturated heterocycles. The van der Waals surface area contributed by atoms with Gasteiger partial charge in [0, 0.05) is 5.41 Å². The van der Waals surface area contributed by atoms with Crippen LogP contribution in [0, 0.1) is 0 Å². The lowest BCUT2D eigenvalue weighted by Gasteiger charge is -2.21. The van der Waals surface area contributed by atoms with Crippen LogP contribution in [0.3, 0.4) is 0 Å². The molecule has 0 radical (unpaired) electrons. The van der Waals surface area contributed by atoms with Gasteiger partial charge in [-0.1, -0.05) is 51.1 Å². The van der Waals surface area contributed by atoms with Crippen molar-refractivity contribution >= 4 is 12.1 Å². The molecule has 0 aliphatic rings. The number of rotatable bonds is 6. The highest BCUT2D eigenvalue weighted by Gasteiger charge is 2.30. The van der Waals surface area contributed by atoms with Crippen LogP contribution in [0.1, 0.15) is 45.1 Å². The minimum absolute atomic E-state index is 0.0604. The second-order valence-corrected chi connectivity index (χ2v) is 7.06. The van der Waals surface area contributed by atoms with E-state index < -0.39 is 24.1 Å². The van der Waals surface area contributed by atoms with Crippen LogP contribution in [0.2, 0.25) is 0 Å².